The Morgan fingerprint density at radius 3 is 3.04 bits per heavy atom. The van der Waals surface area contributed by atoms with E-state index in [1.54, 1.807) is 30.2 Å². The summed E-state index contributed by atoms with van der Waals surface area (Å²) in [6.07, 6.45) is 2.83. The number of carbonyl (C=O) groups is 1. The summed E-state index contributed by atoms with van der Waals surface area (Å²) < 4.78 is 10.4. The second kappa shape index (κ2) is 7.51. The number of aromatic nitrogens is 1. The van der Waals surface area contributed by atoms with Crippen molar-refractivity contribution in [1.29, 1.82) is 0 Å². The van der Waals surface area contributed by atoms with Crippen LogP contribution in [0, 0.1) is 0 Å². The van der Waals surface area contributed by atoms with Gasteiger partial charge in [-0.15, -0.1) is 0 Å². The zero-order valence-electron chi connectivity index (χ0n) is 13.3. The molecule has 0 unspecified atom stereocenters. The molecule has 1 aliphatic heterocycles. The fraction of sp³-hybridized carbons (Fsp3) is 0.294. The van der Waals surface area contributed by atoms with Gasteiger partial charge in [0.1, 0.15) is 0 Å². The largest absolute Gasteiger partial charge is 0.380 e. The van der Waals surface area contributed by atoms with Crippen LogP contribution in [0.15, 0.2) is 46.5 Å². The SMILES string of the molecule is COCC1=CCN(C(=O)Nc2cc(-c3cccc(Cl)c3)on2)CC1. The van der Waals surface area contributed by atoms with E-state index in [9.17, 15) is 4.79 Å². The minimum Gasteiger partial charge on any atom is -0.380 e. The molecular formula is C17H18ClN3O3. The van der Waals surface area contributed by atoms with Gasteiger partial charge in [-0.25, -0.2) is 4.79 Å². The highest BCUT2D eigenvalue weighted by Gasteiger charge is 2.18. The molecule has 2 aromatic rings. The van der Waals surface area contributed by atoms with Crippen molar-refractivity contribution in [1.82, 2.24) is 10.1 Å². The van der Waals surface area contributed by atoms with Gasteiger partial charge in [0.15, 0.2) is 11.6 Å². The second-order valence-corrected chi connectivity index (χ2v) is 5.94. The first kappa shape index (κ1) is 16.5. The lowest BCUT2D eigenvalue weighted by atomic mass is 10.1. The number of rotatable bonds is 4. The fourth-order valence-electron chi connectivity index (χ4n) is 2.51. The summed E-state index contributed by atoms with van der Waals surface area (Å²) >= 11 is 5.97. The molecular weight excluding hydrogens is 330 g/mol. The van der Waals surface area contributed by atoms with Crippen LogP contribution < -0.4 is 5.32 Å². The minimum atomic E-state index is -0.200. The third-order valence-corrected chi connectivity index (χ3v) is 4.01. The molecule has 0 fully saturated rings. The average Bonchev–Trinajstić information content (AvgIpc) is 3.04. The summed E-state index contributed by atoms with van der Waals surface area (Å²) in [6, 6.07) is 8.74. The Labute approximate surface area is 145 Å². The van der Waals surface area contributed by atoms with Crippen molar-refractivity contribution in [2.75, 3.05) is 32.1 Å². The summed E-state index contributed by atoms with van der Waals surface area (Å²) in [6.45, 7) is 1.82. The van der Waals surface area contributed by atoms with Gasteiger partial charge >= 0.3 is 6.03 Å². The van der Waals surface area contributed by atoms with Gasteiger partial charge in [0.25, 0.3) is 0 Å². The second-order valence-electron chi connectivity index (χ2n) is 5.51. The van der Waals surface area contributed by atoms with Crippen molar-refractivity contribution in [2.24, 2.45) is 0 Å². The summed E-state index contributed by atoms with van der Waals surface area (Å²) in [5.74, 6) is 0.926. The molecule has 0 spiro atoms. The van der Waals surface area contributed by atoms with Crippen molar-refractivity contribution in [3.63, 3.8) is 0 Å². The molecule has 0 radical (unpaired) electrons. The van der Waals surface area contributed by atoms with Crippen LogP contribution in [-0.2, 0) is 4.74 Å². The van der Waals surface area contributed by atoms with Crippen LogP contribution in [0.4, 0.5) is 10.6 Å². The normalized spacial score (nSPS) is 14.4. The number of hydrogen-bond acceptors (Lipinski definition) is 4. The van der Waals surface area contributed by atoms with E-state index in [0.29, 0.717) is 36.3 Å². The Morgan fingerprint density at radius 1 is 1.46 bits per heavy atom. The van der Waals surface area contributed by atoms with Crippen LogP contribution in [0.5, 0.6) is 0 Å². The van der Waals surface area contributed by atoms with Gasteiger partial charge < -0.3 is 14.2 Å². The van der Waals surface area contributed by atoms with E-state index in [0.717, 1.165) is 12.0 Å². The molecule has 7 heteroatoms. The van der Waals surface area contributed by atoms with Crippen LogP contribution in [0.1, 0.15) is 6.42 Å². The summed E-state index contributed by atoms with van der Waals surface area (Å²) in [5.41, 5.74) is 2.02. The van der Waals surface area contributed by atoms with E-state index in [4.69, 9.17) is 20.9 Å². The lowest BCUT2D eigenvalue weighted by Crippen LogP contribution is -2.38. The first-order chi connectivity index (χ1) is 11.7. The summed E-state index contributed by atoms with van der Waals surface area (Å²) in [5, 5.41) is 7.25. The number of methoxy groups -OCH3 is 1. The van der Waals surface area contributed by atoms with E-state index in [1.807, 2.05) is 18.2 Å². The maximum absolute atomic E-state index is 12.3. The molecule has 3 rings (SSSR count). The average molecular weight is 348 g/mol. The molecule has 1 N–H and O–H groups in total. The van der Waals surface area contributed by atoms with Crippen molar-refractivity contribution in [3.8, 4) is 11.3 Å². The number of urea groups is 1. The first-order valence-corrected chi connectivity index (χ1v) is 7.99. The number of hydrogen-bond donors (Lipinski definition) is 1. The van der Waals surface area contributed by atoms with E-state index in [-0.39, 0.29) is 6.03 Å². The molecule has 1 aliphatic rings. The number of benzene rings is 1. The smallest absolute Gasteiger partial charge is 0.323 e. The summed E-state index contributed by atoms with van der Waals surface area (Å²) in [4.78, 5) is 14.0. The Balaban J connectivity index is 1.62. The van der Waals surface area contributed by atoms with Crippen LogP contribution in [-0.4, -0.2) is 42.9 Å². The van der Waals surface area contributed by atoms with Crippen molar-refractivity contribution in [2.45, 2.75) is 6.42 Å². The van der Waals surface area contributed by atoms with E-state index >= 15 is 0 Å². The topological polar surface area (TPSA) is 67.6 Å². The van der Waals surface area contributed by atoms with Gasteiger partial charge in [-0.05, 0) is 24.1 Å². The van der Waals surface area contributed by atoms with Crippen LogP contribution in [0.3, 0.4) is 0 Å². The highest BCUT2D eigenvalue weighted by molar-refractivity contribution is 6.30. The molecule has 1 aromatic carbocycles. The zero-order valence-corrected chi connectivity index (χ0v) is 14.0. The number of carbonyl (C=O) groups excluding carboxylic acids is 1. The van der Waals surface area contributed by atoms with Gasteiger partial charge in [-0.3, -0.25) is 5.32 Å². The molecule has 0 atom stereocenters. The number of halogens is 1. The van der Waals surface area contributed by atoms with Gasteiger partial charge in [-0.1, -0.05) is 35.0 Å². The molecule has 0 saturated carbocycles. The lowest BCUT2D eigenvalue weighted by molar-refractivity contribution is 0.203. The predicted molar refractivity (Wildman–Crippen MR) is 92.1 cm³/mol. The Morgan fingerprint density at radius 2 is 2.33 bits per heavy atom. The maximum atomic E-state index is 12.3. The third kappa shape index (κ3) is 3.96. The number of amides is 2. The third-order valence-electron chi connectivity index (χ3n) is 3.77. The highest BCUT2D eigenvalue weighted by atomic mass is 35.5. The Bertz CT molecular complexity index is 757. The maximum Gasteiger partial charge on any atom is 0.323 e. The van der Waals surface area contributed by atoms with E-state index in [1.165, 1.54) is 5.57 Å². The number of nitrogens with one attached hydrogen (secondary N) is 1. The van der Waals surface area contributed by atoms with Gasteiger partial charge in [0.2, 0.25) is 0 Å². The van der Waals surface area contributed by atoms with E-state index in [2.05, 4.69) is 10.5 Å². The molecule has 24 heavy (non-hydrogen) atoms. The molecule has 1 aromatic heterocycles. The van der Waals surface area contributed by atoms with Crippen molar-refractivity contribution < 1.29 is 14.1 Å². The molecule has 2 heterocycles. The van der Waals surface area contributed by atoms with Crippen molar-refractivity contribution in [3.05, 3.63) is 47.0 Å². The Kier molecular flexibility index (Phi) is 5.17. The molecule has 0 aliphatic carbocycles. The Hall–Kier alpha value is -2.31. The molecule has 0 saturated heterocycles. The van der Waals surface area contributed by atoms with Gasteiger partial charge in [0.05, 0.1) is 6.61 Å². The predicted octanol–water partition coefficient (Wildman–Crippen LogP) is 3.81. The summed E-state index contributed by atoms with van der Waals surface area (Å²) in [7, 11) is 1.67. The lowest BCUT2D eigenvalue weighted by Gasteiger charge is -2.26. The molecule has 0 bridgehead atoms. The van der Waals surface area contributed by atoms with Crippen LogP contribution >= 0.6 is 11.6 Å². The molecule has 6 nitrogen and oxygen atoms in total. The quantitative estimate of drug-likeness (QED) is 0.854. The monoisotopic (exact) mass is 347 g/mol. The van der Waals surface area contributed by atoms with Crippen molar-refractivity contribution >= 4 is 23.4 Å². The first-order valence-electron chi connectivity index (χ1n) is 7.61. The molecule has 126 valence electrons. The minimum absolute atomic E-state index is 0.200. The molecule has 2 amide bonds. The van der Waals surface area contributed by atoms with Crippen LogP contribution in [0.2, 0.25) is 5.02 Å². The fourth-order valence-corrected chi connectivity index (χ4v) is 2.70. The standard InChI is InChI=1S/C17H18ClN3O3/c1-23-11-12-5-7-21(8-6-12)17(22)19-16-10-15(24-20-16)13-3-2-4-14(18)9-13/h2-5,9-10H,6-8,11H2,1H3,(H,19,20,22). The zero-order chi connectivity index (χ0) is 16.9. The van der Waals surface area contributed by atoms with Gasteiger partial charge in [0, 0.05) is 36.9 Å². The van der Waals surface area contributed by atoms with Crippen LogP contribution in [0.25, 0.3) is 11.3 Å². The van der Waals surface area contributed by atoms with Gasteiger partial charge in [-0.2, -0.15) is 0 Å². The number of anilines is 1. The number of ether oxygens (including phenoxy) is 1. The highest BCUT2D eigenvalue weighted by Crippen LogP contribution is 2.25. The number of nitrogens with zero attached hydrogens (tertiary/aromatic N) is 2. The van der Waals surface area contributed by atoms with E-state index < -0.39 is 0 Å².